The van der Waals surface area contributed by atoms with Crippen LogP contribution in [0.25, 0.3) is 0 Å². The van der Waals surface area contributed by atoms with Crippen molar-refractivity contribution in [1.82, 2.24) is 5.32 Å². The van der Waals surface area contributed by atoms with Gasteiger partial charge in [0.1, 0.15) is 0 Å². The lowest BCUT2D eigenvalue weighted by Crippen LogP contribution is -2.42. The van der Waals surface area contributed by atoms with E-state index in [0.29, 0.717) is 11.8 Å². The van der Waals surface area contributed by atoms with Gasteiger partial charge >= 0.3 is 0 Å². The highest BCUT2D eigenvalue weighted by molar-refractivity contribution is 5.30. The summed E-state index contributed by atoms with van der Waals surface area (Å²) in [4.78, 5) is 0. The number of benzene rings is 1. The summed E-state index contributed by atoms with van der Waals surface area (Å²) in [6.07, 6.45) is 1.16. The number of nitrogens with one attached hydrogen (secondary N) is 1. The quantitative estimate of drug-likeness (QED) is 0.839. The maximum atomic E-state index is 6.31. The SMILES string of the molecule is CC(C)Cc1ccc(C2CNCC2(C)N)cc1. The minimum Gasteiger partial charge on any atom is -0.324 e. The first-order valence-corrected chi connectivity index (χ1v) is 6.57. The highest BCUT2D eigenvalue weighted by Crippen LogP contribution is 2.29. The number of hydrogen-bond acceptors (Lipinski definition) is 2. The average molecular weight is 232 g/mol. The summed E-state index contributed by atoms with van der Waals surface area (Å²) < 4.78 is 0. The Kier molecular flexibility index (Phi) is 3.55. The Morgan fingerprint density at radius 1 is 1.35 bits per heavy atom. The van der Waals surface area contributed by atoms with E-state index in [1.54, 1.807) is 0 Å². The molecule has 0 amide bonds. The van der Waals surface area contributed by atoms with Crippen LogP contribution >= 0.6 is 0 Å². The van der Waals surface area contributed by atoms with Gasteiger partial charge in [-0.1, -0.05) is 38.1 Å². The molecule has 2 unspecified atom stereocenters. The molecule has 0 bridgehead atoms. The molecule has 1 aliphatic heterocycles. The van der Waals surface area contributed by atoms with E-state index in [2.05, 4.69) is 50.4 Å². The fraction of sp³-hybridized carbons (Fsp3) is 0.600. The van der Waals surface area contributed by atoms with Crippen molar-refractivity contribution in [2.24, 2.45) is 11.7 Å². The van der Waals surface area contributed by atoms with Gasteiger partial charge in [-0.15, -0.1) is 0 Å². The number of hydrogen-bond donors (Lipinski definition) is 2. The van der Waals surface area contributed by atoms with Gasteiger partial charge in [0.15, 0.2) is 0 Å². The zero-order valence-corrected chi connectivity index (χ0v) is 11.2. The van der Waals surface area contributed by atoms with Crippen molar-refractivity contribution in [3.05, 3.63) is 35.4 Å². The van der Waals surface area contributed by atoms with E-state index in [1.165, 1.54) is 11.1 Å². The van der Waals surface area contributed by atoms with Crippen LogP contribution in [0.15, 0.2) is 24.3 Å². The van der Waals surface area contributed by atoms with Crippen LogP contribution in [-0.2, 0) is 6.42 Å². The lowest BCUT2D eigenvalue weighted by atomic mass is 9.84. The Bertz CT molecular complexity index is 365. The Labute approximate surface area is 105 Å². The fourth-order valence-electron chi connectivity index (χ4n) is 2.70. The monoisotopic (exact) mass is 232 g/mol. The highest BCUT2D eigenvalue weighted by atomic mass is 15.0. The van der Waals surface area contributed by atoms with Crippen LogP contribution in [-0.4, -0.2) is 18.6 Å². The highest BCUT2D eigenvalue weighted by Gasteiger charge is 2.35. The predicted molar refractivity (Wildman–Crippen MR) is 73.2 cm³/mol. The zero-order chi connectivity index (χ0) is 12.5. The maximum Gasteiger partial charge on any atom is 0.0333 e. The summed E-state index contributed by atoms with van der Waals surface area (Å²) in [6, 6.07) is 9.01. The second kappa shape index (κ2) is 4.79. The topological polar surface area (TPSA) is 38.0 Å². The molecule has 17 heavy (non-hydrogen) atoms. The molecule has 1 saturated heterocycles. The zero-order valence-electron chi connectivity index (χ0n) is 11.2. The van der Waals surface area contributed by atoms with Gasteiger partial charge in [0.25, 0.3) is 0 Å². The van der Waals surface area contributed by atoms with Crippen molar-refractivity contribution in [1.29, 1.82) is 0 Å². The van der Waals surface area contributed by atoms with E-state index in [0.717, 1.165) is 19.5 Å². The Hall–Kier alpha value is -0.860. The summed E-state index contributed by atoms with van der Waals surface area (Å²) in [5, 5.41) is 3.38. The first kappa shape index (κ1) is 12.6. The molecule has 1 aliphatic rings. The first-order chi connectivity index (χ1) is 7.99. The molecule has 1 fully saturated rings. The molecular weight excluding hydrogens is 208 g/mol. The second-order valence-corrected chi connectivity index (χ2v) is 6.03. The maximum absolute atomic E-state index is 6.31. The van der Waals surface area contributed by atoms with Gasteiger partial charge in [0.2, 0.25) is 0 Å². The molecule has 1 heterocycles. The minimum atomic E-state index is -0.112. The Morgan fingerprint density at radius 3 is 2.47 bits per heavy atom. The third kappa shape index (κ3) is 2.88. The van der Waals surface area contributed by atoms with E-state index in [-0.39, 0.29) is 5.54 Å². The number of rotatable bonds is 3. The molecular formula is C15H24N2. The van der Waals surface area contributed by atoms with Crippen molar-refractivity contribution >= 4 is 0 Å². The number of nitrogens with two attached hydrogens (primary N) is 1. The standard InChI is InChI=1S/C15H24N2/c1-11(2)8-12-4-6-13(7-5-12)14-9-17-10-15(14,3)16/h4-7,11,14,17H,8-10,16H2,1-3H3. The molecule has 0 aliphatic carbocycles. The molecule has 1 aromatic carbocycles. The van der Waals surface area contributed by atoms with Gasteiger partial charge in [0, 0.05) is 24.5 Å². The van der Waals surface area contributed by atoms with E-state index in [4.69, 9.17) is 5.73 Å². The average Bonchev–Trinajstić information content (AvgIpc) is 2.58. The van der Waals surface area contributed by atoms with Crippen molar-refractivity contribution in [3.63, 3.8) is 0 Å². The second-order valence-electron chi connectivity index (χ2n) is 6.03. The molecule has 2 rings (SSSR count). The van der Waals surface area contributed by atoms with Crippen LogP contribution in [0.5, 0.6) is 0 Å². The minimum absolute atomic E-state index is 0.112. The fourth-order valence-corrected chi connectivity index (χ4v) is 2.70. The predicted octanol–water partition coefficient (Wildman–Crippen LogP) is 2.29. The van der Waals surface area contributed by atoms with Crippen molar-refractivity contribution in [2.45, 2.75) is 38.6 Å². The van der Waals surface area contributed by atoms with Crippen molar-refractivity contribution in [2.75, 3.05) is 13.1 Å². The normalized spacial score (nSPS) is 28.9. The van der Waals surface area contributed by atoms with Crippen molar-refractivity contribution < 1.29 is 0 Å². The summed E-state index contributed by atoms with van der Waals surface area (Å²) >= 11 is 0. The first-order valence-electron chi connectivity index (χ1n) is 6.57. The summed E-state index contributed by atoms with van der Waals surface area (Å²) in [7, 11) is 0. The van der Waals surface area contributed by atoms with Crippen LogP contribution in [0.1, 0.15) is 37.8 Å². The molecule has 3 N–H and O–H groups in total. The summed E-state index contributed by atoms with van der Waals surface area (Å²) in [5.74, 6) is 1.16. The van der Waals surface area contributed by atoms with Gasteiger partial charge in [-0.2, -0.15) is 0 Å². The molecule has 2 heteroatoms. The van der Waals surface area contributed by atoms with Crippen LogP contribution in [0.2, 0.25) is 0 Å². The van der Waals surface area contributed by atoms with Crippen LogP contribution in [0.3, 0.4) is 0 Å². The summed E-state index contributed by atoms with van der Waals surface area (Å²) in [6.45, 7) is 8.55. The molecule has 0 saturated carbocycles. The van der Waals surface area contributed by atoms with E-state index in [9.17, 15) is 0 Å². The third-order valence-electron chi connectivity index (χ3n) is 3.68. The van der Waals surface area contributed by atoms with Crippen LogP contribution in [0, 0.1) is 5.92 Å². The smallest absolute Gasteiger partial charge is 0.0333 e. The lowest BCUT2D eigenvalue weighted by Gasteiger charge is -2.26. The van der Waals surface area contributed by atoms with Gasteiger partial charge in [-0.05, 0) is 30.4 Å². The summed E-state index contributed by atoms with van der Waals surface area (Å²) in [5.41, 5.74) is 8.99. The van der Waals surface area contributed by atoms with Gasteiger partial charge < -0.3 is 11.1 Å². The largest absolute Gasteiger partial charge is 0.324 e. The Balaban J connectivity index is 2.12. The molecule has 94 valence electrons. The molecule has 1 aromatic rings. The van der Waals surface area contributed by atoms with E-state index < -0.39 is 0 Å². The van der Waals surface area contributed by atoms with Gasteiger partial charge in [-0.25, -0.2) is 0 Å². The van der Waals surface area contributed by atoms with E-state index in [1.807, 2.05) is 0 Å². The molecule has 0 aromatic heterocycles. The van der Waals surface area contributed by atoms with Crippen molar-refractivity contribution in [3.8, 4) is 0 Å². The molecule has 2 nitrogen and oxygen atoms in total. The van der Waals surface area contributed by atoms with E-state index >= 15 is 0 Å². The van der Waals surface area contributed by atoms with Crippen LogP contribution in [0.4, 0.5) is 0 Å². The van der Waals surface area contributed by atoms with Gasteiger partial charge in [-0.3, -0.25) is 0 Å². The molecule has 0 spiro atoms. The lowest BCUT2D eigenvalue weighted by molar-refractivity contribution is 0.462. The third-order valence-corrected chi connectivity index (χ3v) is 3.68. The molecule has 2 atom stereocenters. The molecule has 0 radical (unpaired) electrons. The Morgan fingerprint density at radius 2 is 2.00 bits per heavy atom. The van der Waals surface area contributed by atoms with Gasteiger partial charge in [0.05, 0.1) is 0 Å². The van der Waals surface area contributed by atoms with Crippen LogP contribution < -0.4 is 11.1 Å².